The molecule has 9 nitrogen and oxygen atoms in total. The van der Waals surface area contributed by atoms with Gasteiger partial charge in [0.1, 0.15) is 13.2 Å². The molecule has 9 heteroatoms. The van der Waals surface area contributed by atoms with Crippen LogP contribution in [0.4, 0.5) is 0 Å². The first-order valence-electron chi connectivity index (χ1n) is 36.5. The Morgan fingerprint density at radius 1 is 0.349 bits per heavy atom. The normalized spacial score (nSPS) is 12.7. The first-order valence-corrected chi connectivity index (χ1v) is 36.5. The highest BCUT2D eigenvalue weighted by molar-refractivity contribution is 5.70. The molecule has 0 aromatic heterocycles. The lowest BCUT2D eigenvalue weighted by molar-refractivity contribution is -0.870. The summed E-state index contributed by atoms with van der Waals surface area (Å²) in [7, 11) is 5.95. The van der Waals surface area contributed by atoms with Crippen LogP contribution in [0.25, 0.3) is 0 Å². The monoisotopic (exact) mass is 1170 g/mol. The highest BCUT2D eigenvalue weighted by Gasteiger charge is 2.22. The predicted molar refractivity (Wildman–Crippen MR) is 353 cm³/mol. The second kappa shape index (κ2) is 65.7. The van der Waals surface area contributed by atoms with Gasteiger partial charge in [-0.05, 0) is 64.2 Å². The Hall–Kier alpha value is -2.23. The fourth-order valence-electron chi connectivity index (χ4n) is 11.1. The van der Waals surface area contributed by atoms with E-state index in [9.17, 15) is 19.5 Å². The van der Waals surface area contributed by atoms with Gasteiger partial charge in [-0.25, -0.2) is 0 Å². The summed E-state index contributed by atoms with van der Waals surface area (Å²) in [6.07, 6.45) is 78.5. The Morgan fingerprint density at radius 2 is 0.614 bits per heavy atom. The number of hydrogen-bond acceptors (Lipinski definition) is 8. The number of quaternary nitrogens is 1. The van der Waals surface area contributed by atoms with Gasteiger partial charge in [-0.15, -0.1) is 0 Å². The molecule has 0 saturated carbocycles. The van der Waals surface area contributed by atoms with Gasteiger partial charge < -0.3 is 33.3 Å². The molecule has 0 aliphatic carbocycles. The number of unbranched alkanes of at least 4 members (excludes halogenated alkanes) is 50. The van der Waals surface area contributed by atoms with Gasteiger partial charge in [0.05, 0.1) is 40.3 Å². The second-order valence-corrected chi connectivity index (χ2v) is 26.2. The minimum atomic E-state index is -1.62. The number of rotatable bonds is 69. The van der Waals surface area contributed by atoms with E-state index in [4.69, 9.17) is 18.9 Å². The number of carbonyl (C=O) groups is 3. The number of carboxylic acid groups (broad SMARTS) is 1. The smallest absolute Gasteiger partial charge is 0.306 e. The maximum absolute atomic E-state index is 12.9. The van der Waals surface area contributed by atoms with Gasteiger partial charge in [-0.2, -0.15) is 0 Å². The third-order valence-corrected chi connectivity index (χ3v) is 16.7. The molecule has 0 spiro atoms. The quantitative estimate of drug-likeness (QED) is 0.0195. The number of aliphatic carboxylic acids is 1. The Labute approximate surface area is 516 Å². The van der Waals surface area contributed by atoms with Gasteiger partial charge in [0, 0.05) is 12.8 Å². The highest BCUT2D eigenvalue weighted by atomic mass is 16.7. The molecular formula is C74H141NO8. The molecule has 0 rings (SSSR count). The number of hydrogen-bond donors (Lipinski definition) is 0. The Bertz CT molecular complexity index is 1410. The van der Waals surface area contributed by atoms with Crippen LogP contribution in [0.5, 0.6) is 0 Å². The number of carboxylic acids is 1. The molecule has 83 heavy (non-hydrogen) atoms. The van der Waals surface area contributed by atoms with Crippen LogP contribution in [-0.4, -0.2) is 82.3 Å². The molecule has 0 aliphatic rings. The van der Waals surface area contributed by atoms with Crippen molar-refractivity contribution >= 4 is 17.9 Å². The van der Waals surface area contributed by atoms with Gasteiger partial charge in [0.15, 0.2) is 12.4 Å². The first kappa shape index (κ1) is 80.8. The van der Waals surface area contributed by atoms with E-state index in [0.717, 1.165) is 38.5 Å². The molecule has 2 atom stereocenters. The summed E-state index contributed by atoms with van der Waals surface area (Å²) in [5, 5.41) is 11.8. The van der Waals surface area contributed by atoms with E-state index in [-0.39, 0.29) is 32.2 Å². The van der Waals surface area contributed by atoms with E-state index in [1.54, 1.807) is 0 Å². The number of ether oxygens (including phenoxy) is 4. The van der Waals surface area contributed by atoms with Gasteiger partial charge in [0.2, 0.25) is 0 Å². The summed E-state index contributed by atoms with van der Waals surface area (Å²) in [5.41, 5.74) is 0. The lowest BCUT2D eigenvalue weighted by atomic mass is 10.0. The minimum absolute atomic E-state index is 0.151. The summed E-state index contributed by atoms with van der Waals surface area (Å²) >= 11 is 0. The SMILES string of the molecule is CCCCCCCCCC/C=C\CCCCCCCCCCCCCCCCCCCCCCCCCC(=O)OC(COC(=O)CCCCCCCCCCCCC/C=C\CCCCCCCCCC)COC(OCC[N+](C)(C)C)C(=O)[O-]. The minimum Gasteiger partial charge on any atom is -0.545 e. The van der Waals surface area contributed by atoms with Crippen molar-refractivity contribution in [1.82, 2.24) is 0 Å². The van der Waals surface area contributed by atoms with Gasteiger partial charge >= 0.3 is 11.9 Å². The van der Waals surface area contributed by atoms with Crippen molar-refractivity contribution in [2.75, 3.05) is 47.5 Å². The molecule has 0 N–H and O–H groups in total. The van der Waals surface area contributed by atoms with Crippen molar-refractivity contribution in [2.45, 2.75) is 386 Å². The lowest BCUT2D eigenvalue weighted by Crippen LogP contribution is -2.44. The lowest BCUT2D eigenvalue weighted by Gasteiger charge is -2.26. The van der Waals surface area contributed by atoms with Crippen molar-refractivity contribution in [3.8, 4) is 0 Å². The number of likely N-dealkylation sites (N-methyl/N-ethyl adjacent to an activating group) is 1. The standard InChI is InChI=1S/C74H141NO8/c1-6-8-10-12-14-16-18-20-22-24-26-28-30-31-32-33-34-35-36-37-38-39-40-41-43-45-47-49-51-53-55-57-59-61-63-65-72(77)83-70(69-82-74(73(78)79)80-67-66-75(3,4)5)68-81-71(76)64-62-60-58-56-54-52-50-48-46-44-42-29-27-25-23-21-19-17-15-13-11-9-7-2/h24-27,70,74H,6-23,28-69H2,1-5H3/b26-24-,27-25-. The molecular weight excluding hydrogens is 1030 g/mol. The van der Waals surface area contributed by atoms with Crippen LogP contribution in [-0.2, 0) is 33.3 Å². The predicted octanol–water partition coefficient (Wildman–Crippen LogP) is 21.3. The van der Waals surface area contributed by atoms with E-state index < -0.39 is 24.3 Å². The van der Waals surface area contributed by atoms with Gasteiger partial charge in [0.25, 0.3) is 0 Å². The van der Waals surface area contributed by atoms with Crippen LogP contribution in [0, 0.1) is 0 Å². The number of carbonyl (C=O) groups excluding carboxylic acids is 3. The summed E-state index contributed by atoms with van der Waals surface area (Å²) in [5.74, 6) is -2.25. The molecule has 0 aliphatic heterocycles. The number of allylic oxidation sites excluding steroid dienone is 4. The maximum atomic E-state index is 12.9. The van der Waals surface area contributed by atoms with E-state index in [1.807, 2.05) is 21.1 Å². The molecule has 0 heterocycles. The van der Waals surface area contributed by atoms with Crippen molar-refractivity contribution in [3.63, 3.8) is 0 Å². The third kappa shape index (κ3) is 67.1. The molecule has 0 fully saturated rings. The fraction of sp³-hybridized carbons (Fsp3) is 0.905. The molecule has 490 valence electrons. The summed E-state index contributed by atoms with van der Waals surface area (Å²) in [6, 6.07) is 0. The Balaban J connectivity index is 4.01. The zero-order valence-electron chi connectivity index (χ0n) is 56.1. The average molecular weight is 1170 g/mol. The Morgan fingerprint density at radius 3 is 0.892 bits per heavy atom. The van der Waals surface area contributed by atoms with Crippen LogP contribution in [0.2, 0.25) is 0 Å². The molecule has 2 unspecified atom stereocenters. The zero-order valence-corrected chi connectivity index (χ0v) is 56.1. The van der Waals surface area contributed by atoms with Gasteiger partial charge in [-0.1, -0.05) is 321 Å². The van der Waals surface area contributed by atoms with E-state index in [2.05, 4.69) is 38.2 Å². The number of esters is 2. The van der Waals surface area contributed by atoms with Crippen molar-refractivity contribution in [2.24, 2.45) is 0 Å². The van der Waals surface area contributed by atoms with E-state index in [1.165, 1.54) is 308 Å². The van der Waals surface area contributed by atoms with Crippen LogP contribution in [0.15, 0.2) is 24.3 Å². The van der Waals surface area contributed by atoms with Crippen molar-refractivity contribution < 1.29 is 42.9 Å². The summed E-state index contributed by atoms with van der Waals surface area (Å²) < 4.78 is 22.8. The average Bonchev–Trinajstić information content (AvgIpc) is 3.46. The fourth-order valence-corrected chi connectivity index (χ4v) is 11.1. The van der Waals surface area contributed by atoms with Crippen LogP contribution >= 0.6 is 0 Å². The molecule has 0 amide bonds. The molecule has 0 aromatic carbocycles. The van der Waals surface area contributed by atoms with Crippen LogP contribution < -0.4 is 5.11 Å². The third-order valence-electron chi connectivity index (χ3n) is 16.7. The molecule has 0 radical (unpaired) electrons. The summed E-state index contributed by atoms with van der Waals surface area (Å²) in [6.45, 7) is 4.82. The largest absolute Gasteiger partial charge is 0.545 e. The second-order valence-electron chi connectivity index (χ2n) is 26.2. The Kier molecular flexibility index (Phi) is 64.0. The molecule has 0 aromatic rings. The van der Waals surface area contributed by atoms with Crippen molar-refractivity contribution in [1.29, 1.82) is 0 Å². The molecule has 0 saturated heterocycles. The first-order chi connectivity index (χ1) is 40.6. The highest BCUT2D eigenvalue weighted by Crippen LogP contribution is 2.19. The van der Waals surface area contributed by atoms with Crippen LogP contribution in [0.3, 0.4) is 0 Å². The molecule has 0 bridgehead atoms. The maximum Gasteiger partial charge on any atom is 0.306 e. The number of nitrogens with zero attached hydrogens (tertiary/aromatic N) is 1. The van der Waals surface area contributed by atoms with E-state index in [0.29, 0.717) is 17.4 Å². The van der Waals surface area contributed by atoms with Gasteiger partial charge in [-0.3, -0.25) is 9.59 Å². The topological polar surface area (TPSA) is 111 Å². The van der Waals surface area contributed by atoms with E-state index >= 15 is 0 Å². The zero-order chi connectivity index (χ0) is 60.5. The van der Waals surface area contributed by atoms with Crippen molar-refractivity contribution in [3.05, 3.63) is 24.3 Å². The summed E-state index contributed by atoms with van der Waals surface area (Å²) in [4.78, 5) is 37.5. The van der Waals surface area contributed by atoms with Crippen LogP contribution in [0.1, 0.15) is 373 Å².